The van der Waals surface area contributed by atoms with Crippen molar-refractivity contribution in [3.63, 3.8) is 0 Å². The van der Waals surface area contributed by atoms with Crippen molar-refractivity contribution >= 4 is 28.6 Å². The van der Waals surface area contributed by atoms with Gasteiger partial charge >= 0.3 is 0 Å². The van der Waals surface area contributed by atoms with Gasteiger partial charge in [0, 0.05) is 24.0 Å². The van der Waals surface area contributed by atoms with E-state index in [0.29, 0.717) is 12.2 Å². The largest absolute Gasteiger partial charge is 0.352 e. The lowest BCUT2D eigenvalue weighted by Crippen LogP contribution is -2.63. The van der Waals surface area contributed by atoms with Gasteiger partial charge in [0.2, 0.25) is 11.8 Å². The Labute approximate surface area is 152 Å². The molecule has 0 saturated heterocycles. The maximum absolute atomic E-state index is 12.8. The van der Waals surface area contributed by atoms with Gasteiger partial charge in [-0.2, -0.15) is 0 Å². The molecule has 138 valence electrons. The predicted octanol–water partition coefficient (Wildman–Crippen LogP) is 1.13. The van der Waals surface area contributed by atoms with Crippen LogP contribution in [-0.2, 0) is 16.1 Å². The number of benzene rings is 1. The second kappa shape index (κ2) is 6.48. The second-order valence-electron chi connectivity index (χ2n) is 7.22. The van der Waals surface area contributed by atoms with Gasteiger partial charge < -0.3 is 20.1 Å². The molecule has 26 heavy (non-hydrogen) atoms. The van der Waals surface area contributed by atoms with Crippen molar-refractivity contribution in [3.8, 4) is 0 Å². The van der Waals surface area contributed by atoms with Crippen LogP contribution in [0.2, 0.25) is 0 Å². The summed E-state index contributed by atoms with van der Waals surface area (Å²) in [6.45, 7) is 5.64. The topological polar surface area (TPSA) is 83.4 Å². The summed E-state index contributed by atoms with van der Waals surface area (Å²) >= 11 is 0. The van der Waals surface area contributed by atoms with Gasteiger partial charge in [-0.15, -0.1) is 0 Å². The Bertz CT molecular complexity index is 886. The minimum Gasteiger partial charge on any atom is -0.352 e. The molecule has 1 atom stereocenters. The molecule has 1 aromatic heterocycles. The molecule has 3 rings (SSSR count). The first-order valence-electron chi connectivity index (χ1n) is 8.68. The first kappa shape index (κ1) is 18.0. The zero-order valence-electron chi connectivity index (χ0n) is 15.5. The molecule has 2 N–H and O–H groups in total. The minimum atomic E-state index is -1.08. The van der Waals surface area contributed by atoms with Crippen LogP contribution in [-0.4, -0.2) is 52.4 Å². The molecule has 3 amide bonds. The van der Waals surface area contributed by atoms with Crippen LogP contribution in [0.5, 0.6) is 0 Å². The van der Waals surface area contributed by atoms with Gasteiger partial charge in [-0.05, 0) is 32.9 Å². The summed E-state index contributed by atoms with van der Waals surface area (Å²) in [6, 6.07) is 9.56. The molecule has 0 saturated carbocycles. The fraction of sp³-hybridized carbons (Fsp3) is 0.421. The van der Waals surface area contributed by atoms with Crippen molar-refractivity contribution < 1.29 is 14.4 Å². The van der Waals surface area contributed by atoms with Crippen LogP contribution in [0, 0.1) is 0 Å². The minimum absolute atomic E-state index is 0.00252. The summed E-state index contributed by atoms with van der Waals surface area (Å²) in [5, 5.41) is 6.35. The van der Waals surface area contributed by atoms with Gasteiger partial charge in [0.05, 0.1) is 13.1 Å². The Kier molecular flexibility index (Phi) is 4.48. The van der Waals surface area contributed by atoms with Crippen molar-refractivity contribution in [3.05, 3.63) is 36.0 Å². The van der Waals surface area contributed by atoms with Crippen LogP contribution >= 0.6 is 0 Å². The zero-order valence-corrected chi connectivity index (χ0v) is 15.5. The summed E-state index contributed by atoms with van der Waals surface area (Å²) in [5.41, 5.74) is 0.404. The highest BCUT2D eigenvalue weighted by Crippen LogP contribution is 2.31. The first-order valence-corrected chi connectivity index (χ1v) is 8.68. The lowest BCUT2D eigenvalue weighted by molar-refractivity contribution is -0.134. The molecule has 7 nitrogen and oxygen atoms in total. The SMILES string of the molecule is CC(C)NC(=O)CNC(=O)[C@@]1(C)Cn2c(cc3ccccc32)C(=O)N1C. The molecule has 1 aromatic carbocycles. The van der Waals surface area contributed by atoms with Crippen molar-refractivity contribution in [1.29, 1.82) is 0 Å². The summed E-state index contributed by atoms with van der Waals surface area (Å²) in [5.74, 6) is -0.818. The fourth-order valence-corrected chi connectivity index (χ4v) is 3.32. The van der Waals surface area contributed by atoms with Crippen LogP contribution < -0.4 is 10.6 Å². The molecule has 0 radical (unpaired) electrons. The number of carbonyl (C=O) groups is 3. The van der Waals surface area contributed by atoms with Gasteiger partial charge in [0.25, 0.3) is 5.91 Å². The van der Waals surface area contributed by atoms with Crippen molar-refractivity contribution in [2.45, 2.75) is 38.9 Å². The highest BCUT2D eigenvalue weighted by Gasteiger charge is 2.45. The Morgan fingerprint density at radius 1 is 1.27 bits per heavy atom. The maximum Gasteiger partial charge on any atom is 0.271 e. The summed E-state index contributed by atoms with van der Waals surface area (Å²) in [6.07, 6.45) is 0. The summed E-state index contributed by atoms with van der Waals surface area (Å²) in [7, 11) is 1.62. The van der Waals surface area contributed by atoms with E-state index in [-0.39, 0.29) is 30.3 Å². The van der Waals surface area contributed by atoms with E-state index in [1.54, 1.807) is 14.0 Å². The highest BCUT2D eigenvalue weighted by atomic mass is 16.2. The standard InChI is InChI=1S/C19H24N4O3/c1-12(2)21-16(24)10-20-18(26)19(3)11-23-14-8-6-5-7-13(14)9-15(23)17(25)22(19)4/h5-9,12H,10-11H2,1-4H3,(H,20,26)(H,21,24)/t19-/m1/s1. The number of amides is 3. The van der Waals surface area contributed by atoms with Crippen molar-refractivity contribution in [2.24, 2.45) is 0 Å². The smallest absolute Gasteiger partial charge is 0.271 e. The Morgan fingerprint density at radius 3 is 2.65 bits per heavy atom. The Balaban J connectivity index is 1.86. The summed E-state index contributed by atoms with van der Waals surface area (Å²) < 4.78 is 1.88. The summed E-state index contributed by atoms with van der Waals surface area (Å²) in [4.78, 5) is 38.9. The third-order valence-corrected chi connectivity index (χ3v) is 4.89. The molecule has 1 aliphatic heterocycles. The molecule has 0 unspecified atom stereocenters. The average molecular weight is 356 g/mol. The van der Waals surface area contributed by atoms with Crippen LogP contribution in [0.25, 0.3) is 10.9 Å². The lowest BCUT2D eigenvalue weighted by Gasteiger charge is -2.41. The van der Waals surface area contributed by atoms with E-state index in [9.17, 15) is 14.4 Å². The van der Waals surface area contributed by atoms with Crippen LogP contribution in [0.4, 0.5) is 0 Å². The molecule has 2 heterocycles. The molecule has 0 spiro atoms. The van der Waals surface area contributed by atoms with Gasteiger partial charge in [-0.3, -0.25) is 14.4 Å². The normalized spacial score (nSPS) is 19.6. The van der Waals surface area contributed by atoms with E-state index < -0.39 is 5.54 Å². The second-order valence-corrected chi connectivity index (χ2v) is 7.22. The van der Waals surface area contributed by atoms with E-state index >= 15 is 0 Å². The average Bonchev–Trinajstić information content (AvgIpc) is 2.95. The zero-order chi connectivity index (χ0) is 19.1. The molecule has 2 aromatic rings. The fourth-order valence-electron chi connectivity index (χ4n) is 3.32. The quantitative estimate of drug-likeness (QED) is 0.861. The van der Waals surface area contributed by atoms with E-state index in [1.807, 2.05) is 48.7 Å². The third-order valence-electron chi connectivity index (χ3n) is 4.89. The lowest BCUT2D eigenvalue weighted by atomic mass is 9.95. The number of likely N-dealkylation sites (N-methyl/N-ethyl adjacent to an activating group) is 1. The van der Waals surface area contributed by atoms with Crippen molar-refractivity contribution in [1.82, 2.24) is 20.1 Å². The Morgan fingerprint density at radius 2 is 1.96 bits per heavy atom. The van der Waals surface area contributed by atoms with Gasteiger partial charge in [-0.1, -0.05) is 18.2 Å². The highest BCUT2D eigenvalue weighted by molar-refractivity contribution is 6.03. The van der Waals surface area contributed by atoms with Crippen molar-refractivity contribution in [2.75, 3.05) is 13.6 Å². The molecular formula is C19H24N4O3. The number of carbonyl (C=O) groups excluding carboxylic acids is 3. The number of nitrogens with one attached hydrogen (secondary N) is 2. The number of nitrogens with zero attached hydrogens (tertiary/aromatic N) is 2. The molecule has 0 aliphatic carbocycles. The molecule has 7 heteroatoms. The van der Waals surface area contributed by atoms with E-state index in [4.69, 9.17) is 0 Å². The first-order chi connectivity index (χ1) is 12.2. The van der Waals surface area contributed by atoms with E-state index in [1.165, 1.54) is 4.90 Å². The molecule has 0 bridgehead atoms. The number of aromatic nitrogens is 1. The molecule has 0 fully saturated rings. The van der Waals surface area contributed by atoms with Gasteiger partial charge in [0.15, 0.2) is 0 Å². The Hall–Kier alpha value is -2.83. The number of hydrogen-bond acceptors (Lipinski definition) is 3. The van der Waals surface area contributed by atoms with Crippen LogP contribution in [0.3, 0.4) is 0 Å². The number of para-hydroxylation sites is 1. The van der Waals surface area contributed by atoms with E-state index in [2.05, 4.69) is 10.6 Å². The number of fused-ring (bicyclic) bond motifs is 3. The monoisotopic (exact) mass is 356 g/mol. The van der Waals surface area contributed by atoms with Crippen LogP contribution in [0.1, 0.15) is 31.3 Å². The van der Waals surface area contributed by atoms with Gasteiger partial charge in [0.1, 0.15) is 11.2 Å². The van der Waals surface area contributed by atoms with Crippen LogP contribution in [0.15, 0.2) is 30.3 Å². The predicted molar refractivity (Wildman–Crippen MR) is 98.7 cm³/mol. The number of hydrogen-bond donors (Lipinski definition) is 2. The molecular weight excluding hydrogens is 332 g/mol. The number of rotatable bonds is 4. The van der Waals surface area contributed by atoms with E-state index in [0.717, 1.165) is 10.9 Å². The third kappa shape index (κ3) is 2.94. The van der Waals surface area contributed by atoms with Gasteiger partial charge in [-0.25, -0.2) is 0 Å². The molecule has 1 aliphatic rings. The maximum atomic E-state index is 12.8.